The Labute approximate surface area is 201 Å². The van der Waals surface area contributed by atoms with Crippen LogP contribution in [0.4, 0.5) is 11.5 Å². The van der Waals surface area contributed by atoms with Crippen LogP contribution in [0.1, 0.15) is 27.4 Å². The van der Waals surface area contributed by atoms with Crippen molar-refractivity contribution < 1.29 is 14.2 Å². The van der Waals surface area contributed by atoms with E-state index in [2.05, 4.69) is 20.7 Å². The van der Waals surface area contributed by atoms with E-state index in [-0.39, 0.29) is 28.8 Å². The number of benzene rings is 1. The van der Waals surface area contributed by atoms with E-state index < -0.39 is 10.8 Å². The molecule has 1 amide bonds. The Bertz CT molecular complexity index is 1360. The fourth-order valence-electron chi connectivity index (χ4n) is 3.01. The Morgan fingerprint density at radius 2 is 1.97 bits per heavy atom. The maximum Gasteiger partial charge on any atom is 0.307 e. The molecular weight excluding hydrogens is 497 g/mol. The largest absolute Gasteiger partial charge is 0.361 e. The van der Waals surface area contributed by atoms with Gasteiger partial charge in [0.2, 0.25) is 0 Å². The molecule has 0 aliphatic heterocycles. The van der Waals surface area contributed by atoms with E-state index in [1.54, 1.807) is 31.3 Å². The molecule has 4 rings (SSSR count). The van der Waals surface area contributed by atoms with Crippen LogP contribution in [0, 0.1) is 17.0 Å². The van der Waals surface area contributed by atoms with Gasteiger partial charge in [-0.15, -0.1) is 0 Å². The second kappa shape index (κ2) is 9.22. The second-order valence-electron chi connectivity index (χ2n) is 6.93. The van der Waals surface area contributed by atoms with E-state index in [9.17, 15) is 14.9 Å². The highest BCUT2D eigenvalue weighted by Crippen LogP contribution is 2.25. The smallest absolute Gasteiger partial charge is 0.307 e. The standard InChI is InChI=1S/C19H14Cl3N7O4/c1-10-14(8-27-7-13(5-23-27)29(31)32)17(26-33-10)19(30)24-18-16(22)9-28(25-18)6-11-2-3-12(20)4-15(11)21/h2-5,7,9H,6,8H2,1H3,(H,24,25,30). The topological polar surface area (TPSA) is 134 Å². The lowest BCUT2D eigenvalue weighted by atomic mass is 10.2. The molecule has 0 saturated heterocycles. The molecular formula is C19H14Cl3N7O4. The number of amides is 1. The molecule has 33 heavy (non-hydrogen) atoms. The maximum absolute atomic E-state index is 12.8. The van der Waals surface area contributed by atoms with Crippen LogP contribution in [0.3, 0.4) is 0 Å². The number of rotatable bonds is 7. The molecule has 0 radical (unpaired) electrons. The van der Waals surface area contributed by atoms with Crippen LogP contribution in [0.2, 0.25) is 15.1 Å². The molecule has 3 heterocycles. The predicted octanol–water partition coefficient (Wildman–Crippen LogP) is 4.59. The van der Waals surface area contributed by atoms with Crippen molar-refractivity contribution in [2.24, 2.45) is 0 Å². The summed E-state index contributed by atoms with van der Waals surface area (Å²) in [6.07, 6.45) is 3.90. The van der Waals surface area contributed by atoms with Crippen molar-refractivity contribution in [1.29, 1.82) is 0 Å². The number of nitrogens with zero attached hydrogens (tertiary/aromatic N) is 6. The van der Waals surface area contributed by atoms with Gasteiger partial charge in [0.05, 0.1) is 18.0 Å². The van der Waals surface area contributed by atoms with Gasteiger partial charge in [-0.25, -0.2) is 0 Å². The highest BCUT2D eigenvalue weighted by molar-refractivity contribution is 6.35. The zero-order valence-electron chi connectivity index (χ0n) is 16.8. The fraction of sp³-hybridized carbons (Fsp3) is 0.158. The Kier molecular flexibility index (Phi) is 6.36. The average Bonchev–Trinajstić information content (AvgIpc) is 3.45. The highest BCUT2D eigenvalue weighted by Gasteiger charge is 2.23. The summed E-state index contributed by atoms with van der Waals surface area (Å²) >= 11 is 18.4. The van der Waals surface area contributed by atoms with Crippen molar-refractivity contribution in [3.05, 3.63) is 84.6 Å². The molecule has 0 bridgehead atoms. The second-order valence-corrected chi connectivity index (χ2v) is 8.18. The molecule has 0 spiro atoms. The first-order valence-corrected chi connectivity index (χ1v) is 10.4. The van der Waals surface area contributed by atoms with Gasteiger partial charge in [-0.3, -0.25) is 24.3 Å². The number of nitrogens with one attached hydrogen (secondary N) is 1. The summed E-state index contributed by atoms with van der Waals surface area (Å²) in [5.41, 5.74) is 0.986. The summed E-state index contributed by atoms with van der Waals surface area (Å²) in [6, 6.07) is 5.09. The van der Waals surface area contributed by atoms with Crippen LogP contribution >= 0.6 is 34.8 Å². The van der Waals surface area contributed by atoms with Crippen molar-refractivity contribution >= 4 is 52.2 Å². The molecule has 0 atom stereocenters. The van der Waals surface area contributed by atoms with E-state index in [0.717, 1.165) is 11.8 Å². The van der Waals surface area contributed by atoms with Crippen LogP contribution in [-0.2, 0) is 13.1 Å². The van der Waals surface area contributed by atoms with Gasteiger partial charge in [-0.1, -0.05) is 46.0 Å². The minimum atomic E-state index is -0.611. The summed E-state index contributed by atoms with van der Waals surface area (Å²) in [5.74, 6) is -0.124. The first-order chi connectivity index (χ1) is 15.7. The molecule has 14 heteroatoms. The monoisotopic (exact) mass is 509 g/mol. The quantitative estimate of drug-likeness (QED) is 0.284. The third-order valence-electron chi connectivity index (χ3n) is 4.65. The predicted molar refractivity (Wildman–Crippen MR) is 120 cm³/mol. The number of halogens is 3. The minimum Gasteiger partial charge on any atom is -0.361 e. The molecule has 3 aromatic heterocycles. The number of nitro groups is 1. The van der Waals surface area contributed by atoms with Crippen LogP contribution in [0.15, 0.2) is 41.3 Å². The van der Waals surface area contributed by atoms with Crippen LogP contribution in [-0.4, -0.2) is 35.5 Å². The van der Waals surface area contributed by atoms with Gasteiger partial charge in [0.25, 0.3) is 5.91 Å². The molecule has 0 aliphatic rings. The van der Waals surface area contributed by atoms with E-state index >= 15 is 0 Å². The maximum atomic E-state index is 12.8. The van der Waals surface area contributed by atoms with Gasteiger partial charge < -0.3 is 9.84 Å². The van der Waals surface area contributed by atoms with E-state index in [1.807, 2.05) is 0 Å². The minimum absolute atomic E-state index is 0.0167. The van der Waals surface area contributed by atoms with Crippen LogP contribution in [0.5, 0.6) is 0 Å². The first-order valence-electron chi connectivity index (χ1n) is 9.31. The number of hydrogen-bond acceptors (Lipinski definition) is 7. The van der Waals surface area contributed by atoms with E-state index in [0.29, 0.717) is 27.9 Å². The van der Waals surface area contributed by atoms with Crippen molar-refractivity contribution in [2.75, 3.05) is 5.32 Å². The molecule has 170 valence electrons. The average molecular weight is 511 g/mol. The van der Waals surface area contributed by atoms with Crippen molar-refractivity contribution in [3.63, 3.8) is 0 Å². The van der Waals surface area contributed by atoms with Gasteiger partial charge in [0.1, 0.15) is 23.2 Å². The summed E-state index contributed by atoms with van der Waals surface area (Å²) in [5, 5.41) is 26.7. The first kappa shape index (κ1) is 22.8. The third-order valence-corrected chi connectivity index (χ3v) is 5.51. The van der Waals surface area contributed by atoms with Crippen molar-refractivity contribution in [1.82, 2.24) is 24.7 Å². The number of aromatic nitrogens is 5. The van der Waals surface area contributed by atoms with Gasteiger partial charge in [-0.2, -0.15) is 10.2 Å². The summed E-state index contributed by atoms with van der Waals surface area (Å²) in [7, 11) is 0. The number of hydrogen-bond donors (Lipinski definition) is 1. The van der Waals surface area contributed by atoms with Gasteiger partial charge >= 0.3 is 5.69 Å². The molecule has 0 fully saturated rings. The van der Waals surface area contributed by atoms with Gasteiger partial charge in [-0.05, 0) is 24.6 Å². The molecule has 1 aromatic carbocycles. The van der Waals surface area contributed by atoms with E-state index in [4.69, 9.17) is 39.3 Å². The fourth-order valence-corrected chi connectivity index (χ4v) is 3.67. The van der Waals surface area contributed by atoms with Crippen LogP contribution < -0.4 is 5.32 Å². The molecule has 0 aliphatic carbocycles. The Balaban J connectivity index is 1.51. The number of carbonyl (C=O) groups excluding carboxylic acids is 1. The lowest BCUT2D eigenvalue weighted by Crippen LogP contribution is -2.17. The van der Waals surface area contributed by atoms with Crippen molar-refractivity contribution in [2.45, 2.75) is 20.0 Å². The van der Waals surface area contributed by atoms with Gasteiger partial charge in [0.15, 0.2) is 11.5 Å². The zero-order chi connectivity index (χ0) is 23.7. The number of carbonyl (C=O) groups is 1. The lowest BCUT2D eigenvalue weighted by Gasteiger charge is -2.05. The third kappa shape index (κ3) is 5.00. The Morgan fingerprint density at radius 1 is 1.18 bits per heavy atom. The van der Waals surface area contributed by atoms with E-state index in [1.165, 1.54) is 15.6 Å². The Hall–Kier alpha value is -3.41. The molecule has 0 unspecified atom stereocenters. The number of anilines is 1. The summed E-state index contributed by atoms with van der Waals surface area (Å²) in [4.78, 5) is 23.2. The normalized spacial score (nSPS) is 11.0. The molecule has 1 N–H and O–H groups in total. The van der Waals surface area contributed by atoms with Crippen LogP contribution in [0.25, 0.3) is 0 Å². The van der Waals surface area contributed by atoms with Gasteiger partial charge in [0, 0.05) is 21.8 Å². The lowest BCUT2D eigenvalue weighted by molar-refractivity contribution is -0.385. The SMILES string of the molecule is Cc1onc(C(=O)Nc2nn(Cc3ccc(Cl)cc3Cl)cc2Cl)c1Cn1cc([N+](=O)[O-])cn1. The number of aryl methyl sites for hydroxylation is 1. The Morgan fingerprint density at radius 3 is 2.67 bits per heavy atom. The zero-order valence-corrected chi connectivity index (χ0v) is 19.1. The highest BCUT2D eigenvalue weighted by atomic mass is 35.5. The molecule has 11 nitrogen and oxygen atoms in total. The summed E-state index contributed by atoms with van der Waals surface area (Å²) < 4.78 is 7.98. The molecule has 0 saturated carbocycles. The summed E-state index contributed by atoms with van der Waals surface area (Å²) in [6.45, 7) is 1.97. The molecule has 4 aromatic rings. The van der Waals surface area contributed by atoms with Crippen molar-refractivity contribution in [3.8, 4) is 0 Å².